The molecule has 10 N–H and O–H groups in total. The van der Waals surface area contributed by atoms with Gasteiger partial charge >= 0.3 is 5.97 Å². The van der Waals surface area contributed by atoms with Crippen LogP contribution in [0.15, 0.2) is 189 Å². The molecule has 0 unspecified atom stereocenters. The lowest BCUT2D eigenvalue weighted by Gasteiger charge is -2.19. The van der Waals surface area contributed by atoms with Crippen LogP contribution >= 0.6 is 62.3 Å². The van der Waals surface area contributed by atoms with Gasteiger partial charge in [0.1, 0.15) is 57.1 Å². The smallest absolute Gasteiger partial charge is 0.354 e. The van der Waals surface area contributed by atoms with Crippen LogP contribution in [0.1, 0.15) is 93.1 Å². The summed E-state index contributed by atoms with van der Waals surface area (Å²) in [7, 11) is 6.13. The van der Waals surface area contributed by atoms with E-state index in [0.717, 1.165) is 138 Å². The number of aromatic carboxylic acids is 1. The number of hydrogen-bond acceptors (Lipinski definition) is 23. The van der Waals surface area contributed by atoms with E-state index in [4.69, 9.17) is 102 Å². The van der Waals surface area contributed by atoms with Gasteiger partial charge in [-0.05, 0) is 157 Å². The third-order valence-electron chi connectivity index (χ3n) is 21.4. The number of carbonyl (C=O) groups excluding carboxylic acids is 2. The van der Waals surface area contributed by atoms with Crippen LogP contribution in [-0.2, 0) is 26.4 Å². The standard InChI is InChI=1S/C25H24ClN5O3.C20H22ClN3O2.C19H21ClN4O2.C10H10BrClO3.C10H15N3.C6H5NO2/c1-34-23-10-16(15-32)19(12-20(23)26)22-14-31-9-6-18(11-24(31)29-22)30-8-5-17(13-30)28-25(33)21-4-2-3-7-27-21;1-13-3-5-23(10-13)15-4-6-24-11-18(22-20(24)8-15)16-9-17(21)19(26-2)7-14(16)12-25;1-26-18-6-12(11-25)15(8-16(18)20)17-10-24-5-3-14(7-19(24)22-17)23-4-2-13(21)9-23;1-15-10-2-6(5-13)8(12)3-7(10)9(14)4-11;1-8-3-5-13(7-8)9-2-4-12-10(11)6-9;8-6(9)5-3-1-2-4-7-5/h2-4,6-7,9-12,14,17,32H,5,8,13,15H2,1H3,(H,28,33);4,6-9,11,13,25H,3,5,10,12H2,1-2H3;3,5-8,10,13,25H,2,4,9,11,21H2,1H3;2-3,13H,4-5H2,1H3;2,4,6,8H,3,5,7H2,1H3,(H2,11,12);1-4H,(H,8,9)/t17-;2*13-;;8-;/m000.0./s1. The summed E-state index contributed by atoms with van der Waals surface area (Å²) in [5.41, 5.74) is 27.0. The monoisotopic (exact) mass is 1810 g/mol. The summed E-state index contributed by atoms with van der Waals surface area (Å²) in [6.45, 7) is 11.9. The number of nitrogens with zero attached hydrogens (tertiary/aromatic N) is 13. The number of carbonyl (C=O) groups is 3. The number of fused-ring (bicyclic) bond motifs is 3. The Morgan fingerprint density at radius 2 is 0.878 bits per heavy atom. The maximum absolute atomic E-state index is 12.4. The molecule has 0 spiro atoms. The maximum Gasteiger partial charge on any atom is 0.354 e. The number of aromatic nitrogens is 9. The third kappa shape index (κ3) is 22.7. The molecule has 9 aromatic heterocycles. The first-order chi connectivity index (χ1) is 59.4. The zero-order valence-corrected chi connectivity index (χ0v) is 73.3. The SMILES string of the molecule is COc1cc(CO)c(-c2cn3ccc(N4CC[C@H](C)C4)cc3n2)cc1Cl.COc1cc(CO)c(-c2cn3ccc(N4CC[C@H](N)C4)cc3n2)cc1Cl.COc1cc(CO)c(-c2cn3ccc(N4CC[C@H](NC(=O)c5ccccn5)C4)cc3n2)cc1Cl.COc1cc(CO)c(Cl)cc1C(=O)CBr.C[C@H]1CCN(c2ccnc(N)c2)C1.O=C(O)c1ccccn1. The van der Waals surface area contributed by atoms with Crippen LogP contribution < -0.4 is 55.3 Å². The Labute approximate surface area is 740 Å². The van der Waals surface area contributed by atoms with E-state index >= 15 is 0 Å². The second-order valence-electron chi connectivity index (χ2n) is 29.8. The number of nitrogen functional groups attached to an aromatic ring is 1. The van der Waals surface area contributed by atoms with Crippen LogP contribution in [0.2, 0.25) is 20.1 Å². The van der Waals surface area contributed by atoms with Gasteiger partial charge in [0.25, 0.3) is 5.91 Å². The molecular formula is C90H97BrCl4N16O12. The predicted octanol–water partition coefficient (Wildman–Crippen LogP) is 15.0. The van der Waals surface area contributed by atoms with Gasteiger partial charge in [-0.3, -0.25) is 14.6 Å². The van der Waals surface area contributed by atoms with E-state index in [2.05, 4.69) is 93.9 Å². The normalized spacial score (nSPS) is 15.8. The average molecular weight is 1820 g/mol. The van der Waals surface area contributed by atoms with Crippen molar-refractivity contribution in [3.8, 4) is 56.8 Å². The van der Waals surface area contributed by atoms with E-state index in [1.807, 2.05) is 74.6 Å². The summed E-state index contributed by atoms with van der Waals surface area (Å²) in [4.78, 5) is 69.3. The molecule has 4 aliphatic rings. The number of rotatable bonds is 20. The van der Waals surface area contributed by atoms with E-state index in [0.29, 0.717) is 83.5 Å². The second-order valence-corrected chi connectivity index (χ2v) is 32.0. The molecule has 0 aliphatic carbocycles. The highest BCUT2D eigenvalue weighted by Gasteiger charge is 2.28. The molecule has 4 fully saturated rings. The van der Waals surface area contributed by atoms with Crippen LogP contribution in [-0.4, -0.2) is 185 Å². The molecular weight excluding hydrogens is 1720 g/mol. The molecule has 17 rings (SSSR count). The van der Waals surface area contributed by atoms with Crippen molar-refractivity contribution in [2.75, 3.05) is 111 Å². The van der Waals surface area contributed by atoms with Crippen molar-refractivity contribution >= 4 is 126 Å². The number of methoxy groups -OCH3 is 4. The molecule has 33 heteroatoms. The number of alkyl halides is 1. The van der Waals surface area contributed by atoms with Gasteiger partial charge in [-0.2, -0.15) is 0 Å². The van der Waals surface area contributed by atoms with Crippen molar-refractivity contribution in [2.24, 2.45) is 17.6 Å². The van der Waals surface area contributed by atoms with E-state index in [1.54, 1.807) is 107 Å². The minimum absolute atomic E-state index is 0.0505. The molecule has 13 aromatic rings. The van der Waals surface area contributed by atoms with Crippen molar-refractivity contribution in [3.63, 3.8) is 0 Å². The Morgan fingerprint density at radius 1 is 0.472 bits per heavy atom. The Morgan fingerprint density at radius 3 is 1.24 bits per heavy atom. The summed E-state index contributed by atoms with van der Waals surface area (Å²) in [5.74, 6) is 2.91. The number of Topliss-reactive ketones (excluding diaryl/α,β-unsaturated/α-hetero) is 1. The molecule has 1 amide bonds. The number of imidazole rings is 3. The Balaban J connectivity index is 0.000000141. The average Bonchev–Trinajstić information content (AvgIpc) is 1.65. The van der Waals surface area contributed by atoms with Crippen molar-refractivity contribution in [1.29, 1.82) is 0 Å². The number of ketones is 1. The summed E-state index contributed by atoms with van der Waals surface area (Å²) in [6.07, 6.45) is 21.0. The number of carboxylic acids is 1. The van der Waals surface area contributed by atoms with Crippen molar-refractivity contribution in [1.82, 2.24) is 48.4 Å². The maximum atomic E-state index is 12.4. The number of nitrogens with two attached hydrogens (primary N) is 2. The van der Waals surface area contributed by atoms with E-state index < -0.39 is 5.97 Å². The van der Waals surface area contributed by atoms with Crippen molar-refractivity contribution in [3.05, 3.63) is 249 Å². The number of halogens is 5. The molecule has 13 heterocycles. The lowest BCUT2D eigenvalue weighted by molar-refractivity contribution is 0.0689. The fourth-order valence-corrected chi connectivity index (χ4v) is 16.0. The minimum Gasteiger partial charge on any atom is -0.496 e. The summed E-state index contributed by atoms with van der Waals surface area (Å²) >= 11 is 27.8. The van der Waals surface area contributed by atoms with E-state index in [1.165, 1.54) is 49.7 Å². The second kappa shape index (κ2) is 42.6. The van der Waals surface area contributed by atoms with Gasteiger partial charge in [0.2, 0.25) is 0 Å². The molecule has 0 saturated carbocycles. The number of pyridine rings is 6. The molecule has 123 heavy (non-hydrogen) atoms. The highest BCUT2D eigenvalue weighted by Crippen LogP contribution is 2.39. The molecule has 28 nitrogen and oxygen atoms in total. The molecule has 0 bridgehead atoms. The molecule has 644 valence electrons. The van der Waals surface area contributed by atoms with Crippen LogP contribution in [0.25, 0.3) is 50.7 Å². The largest absolute Gasteiger partial charge is 0.496 e. The third-order valence-corrected chi connectivity index (χ3v) is 23.1. The number of amides is 1. The summed E-state index contributed by atoms with van der Waals surface area (Å²) in [5, 5.41) is 51.7. The van der Waals surface area contributed by atoms with E-state index in [-0.39, 0.29) is 61.2 Å². The van der Waals surface area contributed by atoms with Gasteiger partial charge in [-0.25, -0.2) is 29.7 Å². The van der Waals surface area contributed by atoms with Gasteiger partial charge in [-0.15, -0.1) is 0 Å². The number of hydrogen-bond donors (Lipinski definition) is 8. The lowest BCUT2D eigenvalue weighted by atomic mass is 10.1. The minimum atomic E-state index is -0.990. The highest BCUT2D eigenvalue weighted by molar-refractivity contribution is 9.09. The fourth-order valence-electron chi connectivity index (χ4n) is 14.8. The molecule has 4 atom stereocenters. The highest BCUT2D eigenvalue weighted by atomic mass is 79.9. The van der Waals surface area contributed by atoms with Gasteiger partial charge < -0.3 is 94.1 Å². The summed E-state index contributed by atoms with van der Waals surface area (Å²) < 4.78 is 26.7. The molecule has 4 aromatic carbocycles. The van der Waals surface area contributed by atoms with Gasteiger partial charge in [0.05, 0.1) is 97.9 Å². The first kappa shape index (κ1) is 90.9. The van der Waals surface area contributed by atoms with Crippen molar-refractivity contribution in [2.45, 2.75) is 78.0 Å². The molecule has 4 aliphatic heterocycles. The predicted molar refractivity (Wildman–Crippen MR) is 485 cm³/mol. The molecule has 4 saturated heterocycles. The van der Waals surface area contributed by atoms with Gasteiger partial charge in [0, 0.05) is 189 Å². The Hall–Kier alpha value is -11.4. The number of aliphatic hydroxyl groups excluding tert-OH is 4. The zero-order valence-electron chi connectivity index (χ0n) is 68.7. The number of nitrogens with one attached hydrogen (secondary N) is 1. The number of carboxylic acid groups (broad SMARTS) is 1. The Bertz CT molecular complexity index is 5680. The Kier molecular flexibility index (Phi) is 31.5. The fraction of sp³-hybridized carbons (Fsp3) is 0.300. The van der Waals surface area contributed by atoms with Crippen LogP contribution in [0, 0.1) is 11.8 Å². The number of aliphatic hydroxyl groups is 4. The van der Waals surface area contributed by atoms with Gasteiger partial charge in [-0.1, -0.05) is 88.3 Å². The van der Waals surface area contributed by atoms with Gasteiger partial charge in [0.15, 0.2) is 5.78 Å². The van der Waals surface area contributed by atoms with Crippen LogP contribution in [0.3, 0.4) is 0 Å². The number of benzene rings is 4. The topological polar surface area (TPSA) is 357 Å². The number of anilines is 5. The quantitative estimate of drug-likeness (QED) is 0.0259. The lowest BCUT2D eigenvalue weighted by Crippen LogP contribution is -2.37. The van der Waals surface area contributed by atoms with E-state index in [9.17, 15) is 29.7 Å². The first-order valence-electron chi connectivity index (χ1n) is 39.7. The number of ether oxygens (including phenoxy) is 4. The van der Waals surface area contributed by atoms with Crippen LogP contribution in [0.5, 0.6) is 23.0 Å². The van der Waals surface area contributed by atoms with Crippen LogP contribution in [0.4, 0.5) is 28.6 Å². The summed E-state index contributed by atoms with van der Waals surface area (Å²) in [6, 6.07) is 40.4. The zero-order chi connectivity index (χ0) is 87.5. The molecule has 0 radical (unpaired) electrons. The van der Waals surface area contributed by atoms with Crippen molar-refractivity contribution < 1.29 is 58.9 Å². The first-order valence-corrected chi connectivity index (χ1v) is 42.3.